The van der Waals surface area contributed by atoms with Crippen molar-refractivity contribution in [3.05, 3.63) is 54.2 Å². The van der Waals surface area contributed by atoms with Crippen LogP contribution in [0.15, 0.2) is 53.1 Å². The van der Waals surface area contributed by atoms with E-state index in [1.165, 1.54) is 16.9 Å². The van der Waals surface area contributed by atoms with Crippen molar-refractivity contribution in [1.29, 1.82) is 0 Å². The van der Waals surface area contributed by atoms with Gasteiger partial charge < -0.3 is 24.5 Å². The van der Waals surface area contributed by atoms with Crippen LogP contribution in [-0.4, -0.2) is 70.1 Å². The highest BCUT2D eigenvalue weighted by molar-refractivity contribution is 7.18. The van der Waals surface area contributed by atoms with E-state index < -0.39 is 0 Å². The highest BCUT2D eigenvalue weighted by Crippen LogP contribution is 2.32. The fourth-order valence-corrected chi connectivity index (χ4v) is 6.01. The molecular formula is C29H35N7O3S. The molecule has 2 atom stereocenters. The van der Waals surface area contributed by atoms with E-state index in [-0.39, 0.29) is 12.2 Å². The van der Waals surface area contributed by atoms with E-state index in [0.717, 1.165) is 74.3 Å². The molecule has 2 fully saturated rings. The maximum Gasteiger partial charge on any atom is 0.259 e. The van der Waals surface area contributed by atoms with Crippen LogP contribution in [0.1, 0.15) is 32.3 Å². The summed E-state index contributed by atoms with van der Waals surface area (Å²) >= 11 is 1.45. The predicted octanol–water partition coefficient (Wildman–Crippen LogP) is 5.45. The van der Waals surface area contributed by atoms with Gasteiger partial charge in [-0.3, -0.25) is 4.90 Å². The molecule has 2 N–H and O–H groups in total. The summed E-state index contributed by atoms with van der Waals surface area (Å²) in [4.78, 5) is 12.7. The highest BCUT2D eigenvalue weighted by Gasteiger charge is 2.23. The number of aromatic nitrogens is 4. The van der Waals surface area contributed by atoms with Gasteiger partial charge in [0, 0.05) is 45.0 Å². The van der Waals surface area contributed by atoms with Crippen molar-refractivity contribution in [2.45, 2.75) is 45.4 Å². The van der Waals surface area contributed by atoms with Crippen LogP contribution < -0.4 is 10.6 Å². The molecule has 3 aromatic heterocycles. The van der Waals surface area contributed by atoms with Crippen LogP contribution in [0.4, 0.5) is 16.8 Å². The minimum absolute atomic E-state index is 0.218. The predicted molar refractivity (Wildman–Crippen MR) is 156 cm³/mol. The number of pyridine rings is 1. The van der Waals surface area contributed by atoms with Gasteiger partial charge >= 0.3 is 0 Å². The molecule has 0 aliphatic carbocycles. The average molecular weight is 562 g/mol. The van der Waals surface area contributed by atoms with Crippen molar-refractivity contribution in [2.75, 3.05) is 43.5 Å². The van der Waals surface area contributed by atoms with Gasteiger partial charge in [0.05, 0.1) is 18.4 Å². The van der Waals surface area contributed by atoms with Crippen molar-refractivity contribution in [2.24, 2.45) is 5.92 Å². The first kappa shape index (κ1) is 26.8. The normalized spacial score (nSPS) is 20.4. The molecule has 2 aliphatic heterocycles. The van der Waals surface area contributed by atoms with Gasteiger partial charge in [0.15, 0.2) is 5.13 Å². The molecule has 11 heteroatoms. The zero-order valence-corrected chi connectivity index (χ0v) is 23.7. The summed E-state index contributed by atoms with van der Waals surface area (Å²) in [5.74, 6) is 3.13. The summed E-state index contributed by atoms with van der Waals surface area (Å²) in [5.41, 5.74) is 2.07. The number of rotatable bonds is 9. The van der Waals surface area contributed by atoms with Crippen LogP contribution in [0.2, 0.25) is 0 Å². The van der Waals surface area contributed by atoms with Crippen molar-refractivity contribution in [1.82, 2.24) is 25.1 Å². The van der Waals surface area contributed by atoms with Crippen LogP contribution in [0, 0.1) is 5.92 Å². The van der Waals surface area contributed by atoms with Gasteiger partial charge in [0.1, 0.15) is 16.5 Å². The molecule has 2 saturated heterocycles. The smallest absolute Gasteiger partial charge is 0.259 e. The minimum Gasteiger partial charge on any atom is -0.415 e. The van der Waals surface area contributed by atoms with Crippen LogP contribution >= 0.6 is 11.3 Å². The van der Waals surface area contributed by atoms with E-state index in [1.807, 2.05) is 30.3 Å². The third-order valence-electron chi connectivity index (χ3n) is 7.10. The maximum absolute atomic E-state index is 5.94. The molecule has 40 heavy (non-hydrogen) atoms. The molecule has 210 valence electrons. The number of benzene rings is 1. The van der Waals surface area contributed by atoms with Crippen molar-refractivity contribution in [3.8, 4) is 22.2 Å². The molecule has 0 saturated carbocycles. The van der Waals surface area contributed by atoms with Gasteiger partial charge in [-0.15, -0.1) is 10.2 Å². The quantitative estimate of drug-likeness (QED) is 0.274. The van der Waals surface area contributed by atoms with Crippen LogP contribution in [-0.2, 0) is 16.0 Å². The number of nitrogens with one attached hydrogen (secondary N) is 2. The van der Waals surface area contributed by atoms with Gasteiger partial charge in [-0.05, 0) is 62.4 Å². The molecule has 0 radical (unpaired) electrons. The Kier molecular flexibility index (Phi) is 8.33. The summed E-state index contributed by atoms with van der Waals surface area (Å²) in [6.07, 6.45) is 4.33. The molecule has 6 rings (SSSR count). The van der Waals surface area contributed by atoms with E-state index in [1.54, 1.807) is 6.20 Å². The first-order valence-corrected chi connectivity index (χ1v) is 14.7. The molecule has 1 aromatic carbocycles. The summed E-state index contributed by atoms with van der Waals surface area (Å²) in [7, 11) is 0. The lowest BCUT2D eigenvalue weighted by Gasteiger charge is -2.35. The monoisotopic (exact) mass is 561 g/mol. The third-order valence-corrected chi connectivity index (χ3v) is 8.00. The lowest BCUT2D eigenvalue weighted by molar-refractivity contribution is -0.0704. The van der Waals surface area contributed by atoms with E-state index in [4.69, 9.17) is 18.9 Å². The number of nitrogens with zero attached hydrogens (tertiary/aromatic N) is 5. The Balaban J connectivity index is 1.19. The zero-order valence-electron chi connectivity index (χ0n) is 22.9. The third kappa shape index (κ3) is 6.84. The summed E-state index contributed by atoms with van der Waals surface area (Å²) < 4.78 is 17.4. The van der Waals surface area contributed by atoms with E-state index >= 15 is 0 Å². The maximum atomic E-state index is 5.94. The Hall–Kier alpha value is -3.38. The first-order chi connectivity index (χ1) is 19.6. The van der Waals surface area contributed by atoms with Crippen molar-refractivity contribution in [3.63, 3.8) is 0 Å². The van der Waals surface area contributed by atoms with Gasteiger partial charge in [0.25, 0.3) is 5.89 Å². The summed E-state index contributed by atoms with van der Waals surface area (Å²) in [5, 5.41) is 16.1. The van der Waals surface area contributed by atoms with Crippen LogP contribution in [0.5, 0.6) is 0 Å². The second-order valence-corrected chi connectivity index (χ2v) is 11.6. The molecule has 0 amide bonds. The molecule has 0 unspecified atom stereocenters. The summed E-state index contributed by atoms with van der Waals surface area (Å²) in [6.45, 7) is 9.46. The molecule has 5 heterocycles. The Morgan fingerprint density at radius 2 is 1.73 bits per heavy atom. The number of hydrogen-bond acceptors (Lipinski definition) is 11. The van der Waals surface area contributed by atoms with Gasteiger partial charge in [-0.1, -0.05) is 29.5 Å². The number of anilines is 3. The second kappa shape index (κ2) is 12.4. The topological polar surface area (TPSA) is 110 Å². The molecule has 4 aromatic rings. The van der Waals surface area contributed by atoms with Gasteiger partial charge in [0.2, 0.25) is 5.89 Å². The van der Waals surface area contributed by atoms with E-state index in [0.29, 0.717) is 22.8 Å². The number of morpholine rings is 1. The Bertz CT molecular complexity index is 1380. The number of thiazole rings is 1. The standard InChI is InChI=1S/C29H35N7O3S/c1-19-16-36(17-20(2)38-19)18-22-12-25(30-14-21-8-10-37-11-9-21)32-26(13-22)33-29-31-15-24(40-29)28-35-34-27(39-28)23-6-4-3-5-7-23/h3-7,12-13,15,19-21H,8-11,14,16-18H2,1-2H3,(H2,30,31,32,33)/t19-,20+. The Labute approximate surface area is 238 Å². The molecule has 10 nitrogen and oxygen atoms in total. The number of ether oxygens (including phenoxy) is 2. The van der Waals surface area contributed by atoms with Crippen molar-refractivity contribution < 1.29 is 13.9 Å². The highest BCUT2D eigenvalue weighted by atomic mass is 32.1. The minimum atomic E-state index is 0.218. The fourth-order valence-electron chi connectivity index (χ4n) is 5.26. The van der Waals surface area contributed by atoms with Gasteiger partial charge in [-0.2, -0.15) is 0 Å². The van der Waals surface area contributed by atoms with E-state index in [9.17, 15) is 0 Å². The average Bonchev–Trinajstić information content (AvgIpc) is 3.63. The fraction of sp³-hybridized carbons (Fsp3) is 0.448. The number of hydrogen-bond donors (Lipinski definition) is 2. The van der Waals surface area contributed by atoms with Crippen molar-refractivity contribution >= 4 is 28.1 Å². The lowest BCUT2D eigenvalue weighted by atomic mass is 10.0. The van der Waals surface area contributed by atoms with E-state index in [2.05, 4.69) is 56.7 Å². The van der Waals surface area contributed by atoms with Crippen LogP contribution in [0.25, 0.3) is 22.2 Å². The largest absolute Gasteiger partial charge is 0.415 e. The lowest BCUT2D eigenvalue weighted by Crippen LogP contribution is -2.44. The van der Waals surface area contributed by atoms with Gasteiger partial charge in [-0.25, -0.2) is 9.97 Å². The molecule has 2 aliphatic rings. The summed E-state index contributed by atoms with van der Waals surface area (Å²) in [6, 6.07) is 14.0. The molecular weight excluding hydrogens is 526 g/mol. The van der Waals surface area contributed by atoms with Crippen LogP contribution in [0.3, 0.4) is 0 Å². The Morgan fingerprint density at radius 1 is 0.975 bits per heavy atom. The molecule has 0 spiro atoms. The molecule has 0 bridgehead atoms. The Morgan fingerprint density at radius 3 is 2.52 bits per heavy atom. The first-order valence-electron chi connectivity index (χ1n) is 13.9. The zero-order chi connectivity index (χ0) is 27.3. The second-order valence-electron chi connectivity index (χ2n) is 10.6. The SMILES string of the molecule is C[C@@H]1CN(Cc2cc(NCC3CCOCC3)nc(Nc3ncc(-c4nnc(-c5ccccc5)o4)s3)c2)C[C@H](C)O1.